The van der Waals surface area contributed by atoms with E-state index in [0.29, 0.717) is 18.1 Å². The van der Waals surface area contributed by atoms with E-state index in [4.69, 9.17) is 4.74 Å². The molecule has 1 aromatic heterocycles. The lowest BCUT2D eigenvalue weighted by Crippen LogP contribution is -2.05. The van der Waals surface area contributed by atoms with E-state index in [1.807, 2.05) is 43.3 Å². The van der Waals surface area contributed by atoms with Crippen molar-refractivity contribution in [2.24, 2.45) is 0 Å². The fourth-order valence-electron chi connectivity index (χ4n) is 2.09. The van der Waals surface area contributed by atoms with Crippen LogP contribution in [0.15, 0.2) is 49.6 Å². The lowest BCUT2D eigenvalue weighted by atomic mass is 9.99. The number of methoxy groups -OCH3 is 1. The zero-order valence-electron chi connectivity index (χ0n) is 11.9. The van der Waals surface area contributed by atoms with E-state index >= 15 is 0 Å². The molecule has 0 aliphatic carbocycles. The van der Waals surface area contributed by atoms with Gasteiger partial charge in [-0.3, -0.25) is 0 Å². The van der Waals surface area contributed by atoms with Gasteiger partial charge in [0, 0.05) is 11.1 Å². The van der Waals surface area contributed by atoms with E-state index < -0.39 is 0 Å². The molecule has 0 N–H and O–H groups in total. The largest absolute Gasteiger partial charge is 0.481 e. The highest BCUT2D eigenvalue weighted by atomic mass is 16.5. The number of aromatic nitrogens is 2. The van der Waals surface area contributed by atoms with Crippen LogP contribution in [-0.4, -0.2) is 17.1 Å². The molecule has 0 aliphatic rings. The first-order chi connectivity index (χ1) is 9.67. The summed E-state index contributed by atoms with van der Waals surface area (Å²) in [6.07, 6.45) is 2.46. The number of nitrogens with zero attached hydrogens (tertiary/aromatic N) is 2. The molecule has 0 aliphatic heterocycles. The van der Waals surface area contributed by atoms with Gasteiger partial charge < -0.3 is 4.74 Å². The van der Waals surface area contributed by atoms with Crippen molar-refractivity contribution in [1.29, 1.82) is 0 Å². The van der Waals surface area contributed by atoms with Gasteiger partial charge in [-0.25, -0.2) is 4.98 Å². The third-order valence-electron chi connectivity index (χ3n) is 3.03. The van der Waals surface area contributed by atoms with Gasteiger partial charge in [-0.1, -0.05) is 43.0 Å². The highest BCUT2D eigenvalue weighted by Gasteiger charge is 2.16. The number of benzene rings is 1. The van der Waals surface area contributed by atoms with Crippen molar-refractivity contribution >= 4 is 5.57 Å². The number of hydrogen-bond donors (Lipinski definition) is 0. The number of aryl methyl sites for hydroxylation is 1. The highest BCUT2D eigenvalue weighted by Crippen LogP contribution is 2.28. The monoisotopic (exact) mass is 266 g/mol. The van der Waals surface area contributed by atoms with E-state index in [-0.39, 0.29) is 0 Å². The minimum atomic E-state index is 0.587. The SMILES string of the molecule is C=CCc1c(OC)nc(C)nc1C(=C)c1ccccc1. The minimum Gasteiger partial charge on any atom is -0.481 e. The molecule has 0 saturated heterocycles. The molecule has 1 aromatic carbocycles. The van der Waals surface area contributed by atoms with E-state index in [9.17, 15) is 0 Å². The first-order valence-corrected chi connectivity index (χ1v) is 6.44. The van der Waals surface area contributed by atoms with Crippen molar-refractivity contribution < 1.29 is 4.74 Å². The topological polar surface area (TPSA) is 35.0 Å². The molecule has 0 radical (unpaired) electrons. The number of allylic oxidation sites excluding steroid dienone is 1. The lowest BCUT2D eigenvalue weighted by Gasteiger charge is -2.14. The average molecular weight is 266 g/mol. The molecule has 1 heterocycles. The molecule has 0 spiro atoms. The summed E-state index contributed by atoms with van der Waals surface area (Å²) >= 11 is 0. The first-order valence-electron chi connectivity index (χ1n) is 6.44. The normalized spacial score (nSPS) is 10.1. The van der Waals surface area contributed by atoms with Gasteiger partial charge in [0.1, 0.15) is 5.82 Å². The van der Waals surface area contributed by atoms with Crippen molar-refractivity contribution in [2.45, 2.75) is 13.3 Å². The van der Waals surface area contributed by atoms with Crippen LogP contribution in [0.25, 0.3) is 5.57 Å². The van der Waals surface area contributed by atoms with Crippen LogP contribution in [0.4, 0.5) is 0 Å². The molecule has 3 heteroatoms. The predicted octanol–water partition coefficient (Wildman–Crippen LogP) is 3.58. The second-order valence-corrected chi connectivity index (χ2v) is 4.44. The van der Waals surface area contributed by atoms with E-state index in [2.05, 4.69) is 23.1 Å². The molecule has 3 nitrogen and oxygen atoms in total. The van der Waals surface area contributed by atoms with Gasteiger partial charge in [0.15, 0.2) is 0 Å². The Labute approximate surface area is 119 Å². The van der Waals surface area contributed by atoms with Gasteiger partial charge in [-0.05, 0) is 18.9 Å². The molecule has 0 saturated carbocycles. The molecule has 0 fully saturated rings. The summed E-state index contributed by atoms with van der Waals surface area (Å²) in [6.45, 7) is 9.81. The minimum absolute atomic E-state index is 0.587. The number of hydrogen-bond acceptors (Lipinski definition) is 3. The molecule has 2 aromatic rings. The van der Waals surface area contributed by atoms with Crippen molar-refractivity contribution in [3.05, 3.63) is 72.2 Å². The second-order valence-electron chi connectivity index (χ2n) is 4.44. The first kappa shape index (κ1) is 14.0. The third-order valence-corrected chi connectivity index (χ3v) is 3.03. The lowest BCUT2D eigenvalue weighted by molar-refractivity contribution is 0.390. The Kier molecular flexibility index (Phi) is 4.31. The van der Waals surface area contributed by atoms with Crippen LogP contribution in [0, 0.1) is 6.92 Å². The molecule has 2 rings (SSSR count). The Morgan fingerprint density at radius 1 is 1.25 bits per heavy atom. The van der Waals surface area contributed by atoms with Crippen LogP contribution in [0.1, 0.15) is 22.6 Å². The maximum atomic E-state index is 5.37. The maximum Gasteiger partial charge on any atom is 0.220 e. The Balaban J connectivity index is 2.57. The van der Waals surface area contributed by atoms with E-state index in [0.717, 1.165) is 22.4 Å². The molecular weight excluding hydrogens is 248 g/mol. The van der Waals surface area contributed by atoms with Crippen molar-refractivity contribution in [1.82, 2.24) is 9.97 Å². The van der Waals surface area contributed by atoms with E-state index in [1.54, 1.807) is 7.11 Å². The summed E-state index contributed by atoms with van der Waals surface area (Å²) in [7, 11) is 1.61. The maximum absolute atomic E-state index is 5.37. The molecule has 0 bridgehead atoms. The Morgan fingerprint density at radius 3 is 2.55 bits per heavy atom. The van der Waals surface area contributed by atoms with Crippen LogP contribution >= 0.6 is 0 Å². The van der Waals surface area contributed by atoms with Gasteiger partial charge in [-0.2, -0.15) is 4.98 Å². The van der Waals surface area contributed by atoms with Crippen molar-refractivity contribution in [2.75, 3.05) is 7.11 Å². The zero-order valence-corrected chi connectivity index (χ0v) is 11.9. The van der Waals surface area contributed by atoms with Crippen molar-refractivity contribution in [3.63, 3.8) is 0 Å². The Bertz CT molecular complexity index is 633. The molecule has 102 valence electrons. The molecule has 0 amide bonds. The fourth-order valence-corrected chi connectivity index (χ4v) is 2.09. The summed E-state index contributed by atoms with van der Waals surface area (Å²) in [5.41, 5.74) is 3.65. The average Bonchev–Trinajstić information content (AvgIpc) is 2.49. The van der Waals surface area contributed by atoms with Crippen molar-refractivity contribution in [3.8, 4) is 5.88 Å². The molecular formula is C17H18N2O. The van der Waals surface area contributed by atoms with Crippen LogP contribution in [-0.2, 0) is 6.42 Å². The third kappa shape index (κ3) is 2.77. The van der Waals surface area contributed by atoms with Crippen LogP contribution in [0.5, 0.6) is 5.88 Å². The smallest absolute Gasteiger partial charge is 0.220 e. The molecule has 0 atom stereocenters. The summed E-state index contributed by atoms with van der Waals surface area (Å²) < 4.78 is 5.37. The summed E-state index contributed by atoms with van der Waals surface area (Å²) in [4.78, 5) is 8.86. The Morgan fingerprint density at radius 2 is 1.95 bits per heavy atom. The fraction of sp³-hybridized carbons (Fsp3) is 0.176. The Hall–Kier alpha value is -2.42. The highest BCUT2D eigenvalue weighted by molar-refractivity contribution is 5.78. The van der Waals surface area contributed by atoms with Crippen LogP contribution < -0.4 is 4.74 Å². The molecule has 0 unspecified atom stereocenters. The van der Waals surface area contributed by atoms with Gasteiger partial charge >= 0.3 is 0 Å². The molecule has 20 heavy (non-hydrogen) atoms. The standard InChI is InChI=1S/C17H18N2O/c1-5-9-15-16(18-13(3)19-17(15)20-4)12(2)14-10-7-6-8-11-14/h5-8,10-11H,1-2,9H2,3-4H3. The second kappa shape index (κ2) is 6.15. The summed E-state index contributed by atoms with van der Waals surface area (Å²) in [5.74, 6) is 1.26. The van der Waals surface area contributed by atoms with Gasteiger partial charge in [0.2, 0.25) is 5.88 Å². The predicted molar refractivity (Wildman–Crippen MR) is 81.8 cm³/mol. The van der Waals surface area contributed by atoms with Crippen LogP contribution in [0.3, 0.4) is 0 Å². The number of ether oxygens (including phenoxy) is 1. The van der Waals surface area contributed by atoms with Gasteiger partial charge in [0.05, 0.1) is 12.8 Å². The number of rotatable bonds is 5. The van der Waals surface area contributed by atoms with Crippen LogP contribution in [0.2, 0.25) is 0 Å². The summed E-state index contributed by atoms with van der Waals surface area (Å²) in [5, 5.41) is 0. The van der Waals surface area contributed by atoms with Gasteiger partial charge in [-0.15, -0.1) is 6.58 Å². The van der Waals surface area contributed by atoms with Gasteiger partial charge in [0.25, 0.3) is 0 Å². The quantitative estimate of drug-likeness (QED) is 0.776. The summed E-state index contributed by atoms with van der Waals surface area (Å²) in [6, 6.07) is 9.99. The van der Waals surface area contributed by atoms with E-state index in [1.165, 1.54) is 0 Å². The zero-order chi connectivity index (χ0) is 14.5.